The predicted molar refractivity (Wildman–Crippen MR) is 254 cm³/mol. The summed E-state index contributed by atoms with van der Waals surface area (Å²) in [6.45, 7) is 6.01. The fourth-order valence-corrected chi connectivity index (χ4v) is 6.94. The van der Waals surface area contributed by atoms with Gasteiger partial charge in [0.1, 0.15) is 17.2 Å². The van der Waals surface area contributed by atoms with Gasteiger partial charge in [0.05, 0.1) is 30.2 Å². The Balaban J connectivity index is 0.932. The number of hydrogen-bond donors (Lipinski definition) is 0. The molecule has 0 spiro atoms. The van der Waals surface area contributed by atoms with Crippen molar-refractivity contribution in [3.8, 4) is 39.5 Å². The van der Waals surface area contributed by atoms with Crippen LogP contribution in [0.15, 0.2) is 156 Å². The van der Waals surface area contributed by atoms with Crippen molar-refractivity contribution in [2.45, 2.75) is 90.9 Å². The van der Waals surface area contributed by atoms with Gasteiger partial charge in [-0.25, -0.2) is 4.79 Å². The summed E-state index contributed by atoms with van der Waals surface area (Å²) in [7, 11) is 0. The molecule has 0 heterocycles. The minimum Gasteiger partial charge on any atom is -0.494 e. The third-order valence-corrected chi connectivity index (χ3v) is 10.6. The smallest absolute Gasteiger partial charge is 0.343 e. The highest BCUT2D eigenvalue weighted by atomic mass is 16.5. The molecule has 0 amide bonds. The standard InChI is InChI=1S/C55H60N2O4/c1-3-5-7-9-11-13-38-59-52-34-26-47(27-35-52)45-22-30-50(31-23-45)56-41-43-18-20-49(21-19-43)55(58)61-54-17-15-16-44(40-54)42-57-51-32-24-46(25-33-51)48-28-36-53(37-29-48)60-39-14-12-10-8-6-4-2/h15-37,40-42H,3-14,38-39H2,1-2H3. The number of esters is 1. The van der Waals surface area contributed by atoms with Crippen molar-refractivity contribution in [3.63, 3.8) is 0 Å². The number of benzene rings is 6. The molecule has 0 fully saturated rings. The summed E-state index contributed by atoms with van der Waals surface area (Å²) in [5.74, 6) is 1.84. The maximum absolute atomic E-state index is 13.0. The summed E-state index contributed by atoms with van der Waals surface area (Å²) < 4.78 is 17.6. The third kappa shape index (κ3) is 15.1. The van der Waals surface area contributed by atoms with Gasteiger partial charge in [0.2, 0.25) is 0 Å². The van der Waals surface area contributed by atoms with Gasteiger partial charge in [-0.3, -0.25) is 9.98 Å². The van der Waals surface area contributed by atoms with Gasteiger partial charge in [-0.2, -0.15) is 0 Å². The molecular formula is C55H60N2O4. The molecule has 6 heteroatoms. The Kier molecular flexibility index (Phi) is 18.0. The lowest BCUT2D eigenvalue weighted by Gasteiger charge is -2.08. The van der Waals surface area contributed by atoms with Crippen LogP contribution in [0.2, 0.25) is 0 Å². The molecule has 0 radical (unpaired) electrons. The lowest BCUT2D eigenvalue weighted by molar-refractivity contribution is 0.0734. The van der Waals surface area contributed by atoms with Crippen LogP contribution in [0.4, 0.5) is 11.4 Å². The van der Waals surface area contributed by atoms with Crippen molar-refractivity contribution in [2.24, 2.45) is 9.98 Å². The fraction of sp³-hybridized carbons (Fsp3) is 0.291. The van der Waals surface area contributed by atoms with Crippen molar-refractivity contribution in [1.29, 1.82) is 0 Å². The van der Waals surface area contributed by atoms with Gasteiger partial charge >= 0.3 is 5.97 Å². The first kappa shape index (κ1) is 44.3. The molecule has 0 unspecified atom stereocenters. The van der Waals surface area contributed by atoms with E-state index in [1.165, 1.54) is 64.2 Å². The molecule has 314 valence electrons. The minimum atomic E-state index is -0.432. The van der Waals surface area contributed by atoms with Gasteiger partial charge in [-0.1, -0.05) is 151 Å². The topological polar surface area (TPSA) is 69.5 Å². The van der Waals surface area contributed by atoms with Crippen molar-refractivity contribution in [3.05, 3.63) is 162 Å². The molecule has 6 aromatic rings. The van der Waals surface area contributed by atoms with E-state index in [9.17, 15) is 4.79 Å². The minimum absolute atomic E-state index is 0.432. The Morgan fingerprint density at radius 1 is 0.443 bits per heavy atom. The number of nitrogens with zero attached hydrogens (tertiary/aromatic N) is 2. The molecule has 0 bridgehead atoms. The second-order valence-electron chi connectivity index (χ2n) is 15.5. The first-order valence-corrected chi connectivity index (χ1v) is 22.2. The van der Waals surface area contributed by atoms with Crippen LogP contribution >= 0.6 is 0 Å². The van der Waals surface area contributed by atoms with Gasteiger partial charge in [0, 0.05) is 12.4 Å². The van der Waals surface area contributed by atoms with Crippen molar-refractivity contribution >= 4 is 29.8 Å². The van der Waals surface area contributed by atoms with Crippen LogP contribution in [0.25, 0.3) is 22.3 Å². The van der Waals surface area contributed by atoms with E-state index in [0.29, 0.717) is 11.3 Å². The van der Waals surface area contributed by atoms with Crippen molar-refractivity contribution in [2.75, 3.05) is 13.2 Å². The summed E-state index contributed by atoms with van der Waals surface area (Å²) in [5.41, 5.74) is 8.33. The number of carbonyl (C=O) groups is 1. The van der Waals surface area contributed by atoms with Gasteiger partial charge in [-0.05, 0) is 119 Å². The Morgan fingerprint density at radius 3 is 1.34 bits per heavy atom. The first-order valence-electron chi connectivity index (χ1n) is 22.2. The zero-order valence-corrected chi connectivity index (χ0v) is 35.9. The molecule has 6 aromatic carbocycles. The fourth-order valence-electron chi connectivity index (χ4n) is 6.94. The second-order valence-corrected chi connectivity index (χ2v) is 15.5. The molecule has 0 aromatic heterocycles. The first-order chi connectivity index (χ1) is 30.1. The zero-order valence-electron chi connectivity index (χ0n) is 35.9. The average Bonchev–Trinajstić information content (AvgIpc) is 3.31. The maximum Gasteiger partial charge on any atom is 0.343 e. The molecular weight excluding hydrogens is 753 g/mol. The lowest BCUT2D eigenvalue weighted by Crippen LogP contribution is -2.08. The van der Waals surface area contributed by atoms with Crippen LogP contribution < -0.4 is 14.2 Å². The maximum atomic E-state index is 13.0. The van der Waals surface area contributed by atoms with E-state index in [4.69, 9.17) is 14.2 Å². The highest BCUT2D eigenvalue weighted by Crippen LogP contribution is 2.27. The van der Waals surface area contributed by atoms with Gasteiger partial charge in [0.25, 0.3) is 0 Å². The monoisotopic (exact) mass is 812 g/mol. The SMILES string of the molecule is CCCCCCCCOc1ccc(-c2ccc(N=Cc3ccc(C(=O)Oc4cccc(C=Nc5ccc(-c6ccc(OCCCCCCCC)cc6)cc5)c4)cc3)cc2)cc1. The van der Waals surface area contributed by atoms with E-state index >= 15 is 0 Å². The molecule has 0 saturated carbocycles. The molecule has 0 aliphatic carbocycles. The van der Waals surface area contributed by atoms with E-state index in [2.05, 4.69) is 72.4 Å². The van der Waals surface area contributed by atoms with Gasteiger partial charge in [0.15, 0.2) is 0 Å². The molecule has 0 N–H and O–H groups in total. The van der Waals surface area contributed by atoms with Gasteiger partial charge in [-0.15, -0.1) is 0 Å². The van der Waals surface area contributed by atoms with Gasteiger partial charge < -0.3 is 14.2 Å². The van der Waals surface area contributed by atoms with Crippen LogP contribution in [-0.4, -0.2) is 31.6 Å². The molecule has 6 rings (SSSR count). The van der Waals surface area contributed by atoms with E-state index in [0.717, 1.165) is 82.3 Å². The zero-order chi connectivity index (χ0) is 42.3. The number of hydrogen-bond acceptors (Lipinski definition) is 6. The third-order valence-electron chi connectivity index (χ3n) is 10.6. The quantitative estimate of drug-likeness (QED) is 0.0264. The number of carbonyl (C=O) groups excluding carboxylic acids is 1. The Bertz CT molecular complexity index is 2240. The Labute approximate surface area is 363 Å². The van der Waals surface area contributed by atoms with Crippen LogP contribution in [0, 0.1) is 0 Å². The molecule has 0 saturated heterocycles. The van der Waals surface area contributed by atoms with Crippen LogP contribution in [0.3, 0.4) is 0 Å². The molecule has 0 aliphatic heterocycles. The lowest BCUT2D eigenvalue weighted by atomic mass is 10.1. The molecule has 6 nitrogen and oxygen atoms in total. The normalized spacial score (nSPS) is 11.3. The number of ether oxygens (including phenoxy) is 3. The summed E-state index contributed by atoms with van der Waals surface area (Å²) in [6, 6.07) is 47.4. The summed E-state index contributed by atoms with van der Waals surface area (Å²) in [6.07, 6.45) is 18.6. The van der Waals surface area contributed by atoms with Crippen molar-refractivity contribution in [1.82, 2.24) is 0 Å². The number of rotatable bonds is 24. The van der Waals surface area contributed by atoms with Crippen molar-refractivity contribution < 1.29 is 19.0 Å². The van der Waals surface area contributed by atoms with E-state index in [-0.39, 0.29) is 0 Å². The number of unbranched alkanes of at least 4 members (excludes halogenated alkanes) is 10. The predicted octanol–water partition coefficient (Wildman–Crippen LogP) is 15.2. The molecule has 61 heavy (non-hydrogen) atoms. The Morgan fingerprint density at radius 2 is 0.869 bits per heavy atom. The van der Waals surface area contributed by atoms with E-state index in [1.807, 2.05) is 72.8 Å². The van der Waals surface area contributed by atoms with Crippen LogP contribution in [-0.2, 0) is 0 Å². The summed E-state index contributed by atoms with van der Waals surface area (Å²) in [4.78, 5) is 22.3. The van der Waals surface area contributed by atoms with Crippen LogP contribution in [0.5, 0.6) is 17.2 Å². The highest BCUT2D eigenvalue weighted by Gasteiger charge is 2.09. The summed E-state index contributed by atoms with van der Waals surface area (Å²) in [5, 5.41) is 0. The van der Waals surface area contributed by atoms with E-state index in [1.54, 1.807) is 36.7 Å². The summed E-state index contributed by atoms with van der Waals surface area (Å²) >= 11 is 0. The average molecular weight is 813 g/mol. The van der Waals surface area contributed by atoms with E-state index < -0.39 is 5.97 Å². The number of aliphatic imine (C=N–C) groups is 2. The molecule has 0 atom stereocenters. The Hall–Kier alpha value is -6.27. The largest absolute Gasteiger partial charge is 0.494 e. The second kappa shape index (κ2) is 24.7. The highest BCUT2D eigenvalue weighted by molar-refractivity contribution is 5.93. The molecule has 0 aliphatic rings. The van der Waals surface area contributed by atoms with Crippen LogP contribution in [0.1, 0.15) is 112 Å².